The average Bonchev–Trinajstić information content (AvgIpc) is 2.39. The van der Waals surface area contributed by atoms with E-state index in [1.807, 2.05) is 0 Å². The summed E-state index contributed by atoms with van der Waals surface area (Å²) in [5.74, 6) is 1.60. The number of carbonyl (C=O) groups excluding carboxylic acids is 1. The summed E-state index contributed by atoms with van der Waals surface area (Å²) in [7, 11) is 0. The van der Waals surface area contributed by atoms with Gasteiger partial charge in [0.05, 0.1) is 6.04 Å². The highest BCUT2D eigenvalue weighted by molar-refractivity contribution is 5.82. The number of nitrogens with two attached hydrogens (primary N) is 1. The summed E-state index contributed by atoms with van der Waals surface area (Å²) in [6.07, 6.45) is 8.50. The van der Waals surface area contributed by atoms with Gasteiger partial charge in [-0.05, 0) is 37.5 Å². The summed E-state index contributed by atoms with van der Waals surface area (Å²) in [5.41, 5.74) is 5.95. The molecule has 1 aliphatic heterocycles. The SMILES string of the molecule is C=CCC(N)C(=O)N1CCC(C)C2CCCCC21. The molecule has 18 heavy (non-hydrogen) atoms. The fourth-order valence-electron chi connectivity index (χ4n) is 3.68. The molecule has 1 saturated heterocycles. The van der Waals surface area contributed by atoms with Crippen LogP contribution in [-0.4, -0.2) is 29.4 Å². The first-order chi connectivity index (χ1) is 8.65. The van der Waals surface area contributed by atoms with Crippen molar-refractivity contribution in [2.75, 3.05) is 6.54 Å². The Hall–Kier alpha value is -0.830. The van der Waals surface area contributed by atoms with Crippen molar-refractivity contribution >= 4 is 5.91 Å². The number of carbonyl (C=O) groups is 1. The quantitative estimate of drug-likeness (QED) is 0.781. The zero-order valence-corrected chi connectivity index (χ0v) is 11.5. The van der Waals surface area contributed by atoms with Gasteiger partial charge in [0.25, 0.3) is 0 Å². The second-order valence-corrected chi connectivity index (χ2v) is 5.94. The van der Waals surface area contributed by atoms with E-state index in [0.717, 1.165) is 18.9 Å². The molecule has 0 radical (unpaired) electrons. The molecule has 2 fully saturated rings. The number of amides is 1. The van der Waals surface area contributed by atoms with Crippen molar-refractivity contribution < 1.29 is 4.79 Å². The van der Waals surface area contributed by atoms with Crippen molar-refractivity contribution in [1.29, 1.82) is 0 Å². The molecule has 1 saturated carbocycles. The van der Waals surface area contributed by atoms with Crippen molar-refractivity contribution in [3.05, 3.63) is 12.7 Å². The molecule has 0 bridgehead atoms. The molecule has 3 heteroatoms. The van der Waals surface area contributed by atoms with E-state index in [4.69, 9.17) is 5.73 Å². The molecule has 3 nitrogen and oxygen atoms in total. The minimum atomic E-state index is -0.390. The fourth-order valence-corrected chi connectivity index (χ4v) is 3.68. The monoisotopic (exact) mass is 250 g/mol. The topological polar surface area (TPSA) is 46.3 Å². The van der Waals surface area contributed by atoms with Gasteiger partial charge in [0, 0.05) is 12.6 Å². The zero-order valence-electron chi connectivity index (χ0n) is 11.5. The lowest BCUT2D eigenvalue weighted by Gasteiger charge is -2.48. The van der Waals surface area contributed by atoms with Crippen LogP contribution < -0.4 is 5.73 Å². The van der Waals surface area contributed by atoms with Gasteiger partial charge in [-0.1, -0.05) is 25.8 Å². The minimum Gasteiger partial charge on any atom is -0.338 e. The van der Waals surface area contributed by atoms with Gasteiger partial charge in [-0.3, -0.25) is 4.79 Å². The lowest BCUT2D eigenvalue weighted by atomic mass is 9.72. The molecule has 102 valence electrons. The van der Waals surface area contributed by atoms with Crippen LogP contribution in [0.2, 0.25) is 0 Å². The molecule has 0 aromatic rings. The van der Waals surface area contributed by atoms with Crippen LogP contribution in [0.5, 0.6) is 0 Å². The highest BCUT2D eigenvalue weighted by Gasteiger charge is 2.40. The van der Waals surface area contributed by atoms with Gasteiger partial charge in [-0.2, -0.15) is 0 Å². The third kappa shape index (κ3) is 2.61. The Morgan fingerprint density at radius 3 is 2.89 bits per heavy atom. The predicted octanol–water partition coefficient (Wildman–Crippen LogP) is 2.32. The maximum absolute atomic E-state index is 12.4. The van der Waals surface area contributed by atoms with Crippen molar-refractivity contribution in [2.45, 2.75) is 57.5 Å². The van der Waals surface area contributed by atoms with Crippen LogP contribution in [0.15, 0.2) is 12.7 Å². The standard InChI is InChI=1S/C15H26N2O/c1-3-6-13(16)15(18)17-10-9-11(2)12-7-4-5-8-14(12)17/h3,11-14H,1,4-10,16H2,2H3. The Morgan fingerprint density at radius 2 is 2.17 bits per heavy atom. The Balaban J connectivity index is 2.07. The fraction of sp³-hybridized carbons (Fsp3) is 0.800. The molecule has 1 heterocycles. The van der Waals surface area contributed by atoms with Crippen LogP contribution in [0.1, 0.15) is 45.4 Å². The van der Waals surface area contributed by atoms with Gasteiger partial charge in [0.15, 0.2) is 0 Å². The Bertz CT molecular complexity index is 316. The molecule has 1 amide bonds. The molecule has 2 N–H and O–H groups in total. The third-order valence-corrected chi connectivity index (χ3v) is 4.76. The zero-order chi connectivity index (χ0) is 13.1. The maximum Gasteiger partial charge on any atom is 0.240 e. The van der Waals surface area contributed by atoms with Crippen LogP contribution in [0.4, 0.5) is 0 Å². The van der Waals surface area contributed by atoms with E-state index in [0.29, 0.717) is 18.4 Å². The first-order valence-corrected chi connectivity index (χ1v) is 7.32. The lowest BCUT2D eigenvalue weighted by Crippen LogP contribution is -2.56. The Labute approximate surface area is 110 Å². The Morgan fingerprint density at radius 1 is 1.44 bits per heavy atom. The highest BCUT2D eigenvalue weighted by Crippen LogP contribution is 2.38. The average molecular weight is 250 g/mol. The van der Waals surface area contributed by atoms with Gasteiger partial charge >= 0.3 is 0 Å². The van der Waals surface area contributed by atoms with Crippen molar-refractivity contribution in [1.82, 2.24) is 4.90 Å². The number of nitrogens with zero attached hydrogens (tertiary/aromatic N) is 1. The summed E-state index contributed by atoms with van der Waals surface area (Å²) < 4.78 is 0. The molecule has 0 aromatic heterocycles. The summed E-state index contributed by atoms with van der Waals surface area (Å²) >= 11 is 0. The molecular formula is C15H26N2O. The second kappa shape index (κ2) is 5.87. The molecule has 2 aliphatic rings. The van der Waals surface area contributed by atoms with Crippen LogP contribution in [0, 0.1) is 11.8 Å². The van der Waals surface area contributed by atoms with Crippen LogP contribution in [0.3, 0.4) is 0 Å². The van der Waals surface area contributed by atoms with E-state index in [2.05, 4.69) is 18.4 Å². The van der Waals surface area contributed by atoms with E-state index in [-0.39, 0.29) is 5.91 Å². The van der Waals surface area contributed by atoms with E-state index in [9.17, 15) is 4.79 Å². The van der Waals surface area contributed by atoms with E-state index in [1.54, 1.807) is 6.08 Å². The van der Waals surface area contributed by atoms with Gasteiger partial charge in [-0.25, -0.2) is 0 Å². The normalized spacial score (nSPS) is 33.7. The second-order valence-electron chi connectivity index (χ2n) is 5.94. The van der Waals surface area contributed by atoms with E-state index >= 15 is 0 Å². The van der Waals surface area contributed by atoms with Crippen LogP contribution in [-0.2, 0) is 4.79 Å². The molecule has 2 rings (SSSR count). The molecule has 1 aliphatic carbocycles. The van der Waals surface area contributed by atoms with Gasteiger partial charge in [-0.15, -0.1) is 6.58 Å². The van der Waals surface area contributed by atoms with Gasteiger partial charge in [0.2, 0.25) is 5.91 Å². The number of fused-ring (bicyclic) bond motifs is 1. The minimum absolute atomic E-state index is 0.138. The van der Waals surface area contributed by atoms with E-state index in [1.165, 1.54) is 25.7 Å². The van der Waals surface area contributed by atoms with Crippen LogP contribution in [0.25, 0.3) is 0 Å². The summed E-state index contributed by atoms with van der Waals surface area (Å²) in [6, 6.07) is 0.0596. The largest absolute Gasteiger partial charge is 0.338 e. The number of likely N-dealkylation sites (tertiary alicyclic amines) is 1. The van der Waals surface area contributed by atoms with Gasteiger partial charge in [0.1, 0.15) is 0 Å². The van der Waals surface area contributed by atoms with Crippen molar-refractivity contribution in [2.24, 2.45) is 17.6 Å². The molecule has 0 aromatic carbocycles. The first-order valence-electron chi connectivity index (χ1n) is 7.32. The molecule has 0 spiro atoms. The molecule has 4 unspecified atom stereocenters. The molecular weight excluding hydrogens is 224 g/mol. The maximum atomic E-state index is 12.4. The summed E-state index contributed by atoms with van der Waals surface area (Å²) in [4.78, 5) is 14.5. The highest BCUT2D eigenvalue weighted by atomic mass is 16.2. The van der Waals surface area contributed by atoms with Crippen LogP contribution >= 0.6 is 0 Å². The Kier molecular flexibility index (Phi) is 4.44. The van der Waals surface area contributed by atoms with Crippen molar-refractivity contribution in [3.63, 3.8) is 0 Å². The van der Waals surface area contributed by atoms with E-state index < -0.39 is 6.04 Å². The van der Waals surface area contributed by atoms with Crippen molar-refractivity contribution in [3.8, 4) is 0 Å². The number of hydrogen-bond donors (Lipinski definition) is 1. The summed E-state index contributed by atoms with van der Waals surface area (Å²) in [5, 5.41) is 0. The lowest BCUT2D eigenvalue weighted by molar-refractivity contribution is -0.140. The number of rotatable bonds is 3. The first kappa shape index (κ1) is 13.6. The number of hydrogen-bond acceptors (Lipinski definition) is 2. The molecule has 4 atom stereocenters. The van der Waals surface area contributed by atoms with Gasteiger partial charge < -0.3 is 10.6 Å². The number of piperidine rings is 1. The third-order valence-electron chi connectivity index (χ3n) is 4.76. The predicted molar refractivity (Wildman–Crippen MR) is 74.0 cm³/mol. The smallest absolute Gasteiger partial charge is 0.240 e. The summed E-state index contributed by atoms with van der Waals surface area (Å²) in [6.45, 7) is 6.91.